The Balaban J connectivity index is 1.88. The average molecular weight is 310 g/mol. The van der Waals surface area contributed by atoms with Crippen LogP contribution in [0.25, 0.3) is 5.69 Å². The molecule has 3 rings (SSSR count). The summed E-state index contributed by atoms with van der Waals surface area (Å²) in [6.45, 7) is 0. The molecule has 0 aliphatic carbocycles. The lowest BCUT2D eigenvalue weighted by Gasteiger charge is -2.08. The molecule has 0 saturated heterocycles. The second-order valence-electron chi connectivity index (χ2n) is 4.68. The Labute approximate surface area is 131 Å². The molecule has 0 unspecified atom stereocenters. The zero-order valence-electron chi connectivity index (χ0n) is 12.3. The third kappa shape index (κ3) is 2.98. The second-order valence-corrected chi connectivity index (χ2v) is 4.68. The standard InChI is InChI=1S/C16H14N4O3/c1-23-13-10-6-5-9-12(13)17-15(21)14-18-16(22)20(19-14)11-7-3-2-4-8-11/h2-10H,1H3,(H,17,21)(H,18,19,22). The van der Waals surface area contributed by atoms with Gasteiger partial charge in [-0.1, -0.05) is 30.3 Å². The van der Waals surface area contributed by atoms with Crippen molar-refractivity contribution >= 4 is 11.6 Å². The van der Waals surface area contributed by atoms with E-state index in [-0.39, 0.29) is 5.82 Å². The number of methoxy groups -OCH3 is 1. The molecule has 0 saturated carbocycles. The summed E-state index contributed by atoms with van der Waals surface area (Å²) in [4.78, 5) is 26.7. The number of carbonyl (C=O) groups is 1. The van der Waals surface area contributed by atoms with Gasteiger partial charge in [0.25, 0.3) is 5.91 Å². The highest BCUT2D eigenvalue weighted by molar-refractivity contribution is 6.02. The maximum atomic E-state index is 12.3. The summed E-state index contributed by atoms with van der Waals surface area (Å²) in [5.41, 5.74) is 0.585. The van der Waals surface area contributed by atoms with Crippen LogP contribution < -0.4 is 15.7 Å². The van der Waals surface area contributed by atoms with Crippen LogP contribution >= 0.6 is 0 Å². The van der Waals surface area contributed by atoms with E-state index in [9.17, 15) is 9.59 Å². The first-order valence-electron chi connectivity index (χ1n) is 6.88. The monoisotopic (exact) mass is 310 g/mol. The van der Waals surface area contributed by atoms with Gasteiger partial charge >= 0.3 is 5.69 Å². The van der Waals surface area contributed by atoms with Crippen molar-refractivity contribution in [2.75, 3.05) is 12.4 Å². The summed E-state index contributed by atoms with van der Waals surface area (Å²) < 4.78 is 6.30. The van der Waals surface area contributed by atoms with Gasteiger partial charge in [0.2, 0.25) is 5.82 Å². The van der Waals surface area contributed by atoms with Crippen molar-refractivity contribution in [3.05, 3.63) is 70.9 Å². The quantitative estimate of drug-likeness (QED) is 0.769. The SMILES string of the molecule is COc1ccccc1NC(=O)c1nn(-c2ccccc2)c(=O)[nH]1. The molecule has 23 heavy (non-hydrogen) atoms. The lowest BCUT2D eigenvalue weighted by molar-refractivity contribution is 0.101. The van der Waals surface area contributed by atoms with E-state index in [0.717, 1.165) is 4.68 Å². The molecule has 0 spiro atoms. The molecule has 2 N–H and O–H groups in total. The number of hydrogen-bond donors (Lipinski definition) is 2. The van der Waals surface area contributed by atoms with Crippen LogP contribution in [-0.2, 0) is 0 Å². The molecule has 7 nitrogen and oxygen atoms in total. The number of aromatic amines is 1. The zero-order chi connectivity index (χ0) is 16.2. The van der Waals surface area contributed by atoms with Gasteiger partial charge in [-0.05, 0) is 24.3 Å². The Morgan fingerprint density at radius 1 is 1.13 bits per heavy atom. The number of hydrogen-bond acceptors (Lipinski definition) is 4. The molecule has 1 heterocycles. The lowest BCUT2D eigenvalue weighted by atomic mass is 10.3. The second kappa shape index (κ2) is 6.18. The van der Waals surface area contributed by atoms with E-state index in [1.54, 1.807) is 48.5 Å². The lowest BCUT2D eigenvalue weighted by Crippen LogP contribution is -2.16. The maximum Gasteiger partial charge on any atom is 0.348 e. The van der Waals surface area contributed by atoms with Gasteiger partial charge in [0.15, 0.2) is 0 Å². The predicted molar refractivity (Wildman–Crippen MR) is 85.1 cm³/mol. The molecule has 0 bridgehead atoms. The molecule has 3 aromatic rings. The Morgan fingerprint density at radius 2 is 1.83 bits per heavy atom. The Kier molecular flexibility index (Phi) is 3.92. The summed E-state index contributed by atoms with van der Waals surface area (Å²) in [7, 11) is 1.51. The number of anilines is 1. The first kappa shape index (κ1) is 14.6. The van der Waals surface area contributed by atoms with Gasteiger partial charge in [-0.3, -0.25) is 9.78 Å². The topological polar surface area (TPSA) is 89.0 Å². The van der Waals surface area contributed by atoms with Crippen LogP contribution in [0.3, 0.4) is 0 Å². The summed E-state index contributed by atoms with van der Waals surface area (Å²) in [5.74, 6) is -0.0864. The summed E-state index contributed by atoms with van der Waals surface area (Å²) in [6, 6.07) is 15.8. The number of amides is 1. The number of H-pyrrole nitrogens is 1. The highest BCUT2D eigenvalue weighted by Gasteiger charge is 2.15. The van der Waals surface area contributed by atoms with E-state index in [4.69, 9.17) is 4.74 Å². The smallest absolute Gasteiger partial charge is 0.348 e. The highest BCUT2D eigenvalue weighted by atomic mass is 16.5. The van der Waals surface area contributed by atoms with Gasteiger partial charge < -0.3 is 10.1 Å². The fourth-order valence-corrected chi connectivity index (χ4v) is 2.10. The molecular formula is C16H14N4O3. The van der Waals surface area contributed by atoms with Crippen molar-refractivity contribution < 1.29 is 9.53 Å². The van der Waals surface area contributed by atoms with E-state index < -0.39 is 11.6 Å². The number of benzene rings is 2. The molecule has 116 valence electrons. The summed E-state index contributed by atoms with van der Waals surface area (Å²) >= 11 is 0. The minimum atomic E-state index is -0.527. The number of carbonyl (C=O) groups excluding carboxylic acids is 1. The summed E-state index contributed by atoms with van der Waals surface area (Å²) in [6.07, 6.45) is 0. The Morgan fingerprint density at radius 3 is 2.57 bits per heavy atom. The molecule has 1 aromatic heterocycles. The van der Waals surface area contributed by atoms with Crippen molar-refractivity contribution in [3.63, 3.8) is 0 Å². The number of para-hydroxylation sites is 3. The van der Waals surface area contributed by atoms with Crippen molar-refractivity contribution in [3.8, 4) is 11.4 Å². The van der Waals surface area contributed by atoms with E-state index in [2.05, 4.69) is 15.4 Å². The van der Waals surface area contributed by atoms with Gasteiger partial charge in [0.05, 0.1) is 18.5 Å². The van der Waals surface area contributed by atoms with Gasteiger partial charge in [0.1, 0.15) is 5.75 Å². The third-order valence-corrected chi connectivity index (χ3v) is 3.19. The largest absolute Gasteiger partial charge is 0.495 e. The van der Waals surface area contributed by atoms with Gasteiger partial charge in [-0.2, -0.15) is 4.68 Å². The van der Waals surface area contributed by atoms with E-state index >= 15 is 0 Å². The normalized spacial score (nSPS) is 10.3. The number of ether oxygens (including phenoxy) is 1. The summed E-state index contributed by atoms with van der Waals surface area (Å²) in [5, 5.41) is 6.69. The van der Waals surface area contributed by atoms with E-state index in [0.29, 0.717) is 17.1 Å². The molecule has 7 heteroatoms. The molecule has 0 radical (unpaired) electrons. The number of aromatic nitrogens is 3. The zero-order valence-corrected chi connectivity index (χ0v) is 12.3. The minimum absolute atomic E-state index is 0.0789. The first-order chi connectivity index (χ1) is 11.2. The van der Waals surface area contributed by atoms with E-state index in [1.165, 1.54) is 7.11 Å². The first-order valence-corrected chi connectivity index (χ1v) is 6.88. The number of rotatable bonds is 4. The third-order valence-electron chi connectivity index (χ3n) is 3.19. The van der Waals surface area contributed by atoms with Crippen molar-refractivity contribution in [1.29, 1.82) is 0 Å². The van der Waals surface area contributed by atoms with Crippen LogP contribution in [0.4, 0.5) is 5.69 Å². The van der Waals surface area contributed by atoms with Gasteiger partial charge in [-0.15, -0.1) is 5.10 Å². The number of nitrogens with zero attached hydrogens (tertiary/aromatic N) is 2. The van der Waals surface area contributed by atoms with Crippen molar-refractivity contribution in [2.24, 2.45) is 0 Å². The minimum Gasteiger partial charge on any atom is -0.495 e. The van der Waals surface area contributed by atoms with Crippen LogP contribution in [0, 0.1) is 0 Å². The van der Waals surface area contributed by atoms with Crippen LogP contribution in [0.5, 0.6) is 5.75 Å². The van der Waals surface area contributed by atoms with Crippen LogP contribution in [0.2, 0.25) is 0 Å². The van der Waals surface area contributed by atoms with Crippen LogP contribution in [0.1, 0.15) is 10.6 Å². The van der Waals surface area contributed by atoms with Crippen molar-refractivity contribution in [2.45, 2.75) is 0 Å². The highest BCUT2D eigenvalue weighted by Crippen LogP contribution is 2.23. The molecule has 2 aromatic carbocycles. The molecule has 0 aliphatic heterocycles. The fraction of sp³-hybridized carbons (Fsp3) is 0.0625. The predicted octanol–water partition coefficient (Wildman–Crippen LogP) is 1.82. The van der Waals surface area contributed by atoms with Crippen LogP contribution in [-0.4, -0.2) is 27.8 Å². The Hall–Kier alpha value is -3.35. The maximum absolute atomic E-state index is 12.3. The molecule has 0 atom stereocenters. The molecule has 1 amide bonds. The Bertz CT molecular complexity index is 884. The molecule has 0 aliphatic rings. The van der Waals surface area contributed by atoms with E-state index in [1.807, 2.05) is 6.07 Å². The average Bonchev–Trinajstić information content (AvgIpc) is 2.98. The molecule has 0 fully saturated rings. The fourth-order valence-electron chi connectivity index (χ4n) is 2.10. The number of nitrogens with one attached hydrogen (secondary N) is 2. The van der Waals surface area contributed by atoms with Gasteiger partial charge in [-0.25, -0.2) is 4.79 Å². The van der Waals surface area contributed by atoms with Gasteiger partial charge in [0, 0.05) is 0 Å². The van der Waals surface area contributed by atoms with Crippen LogP contribution in [0.15, 0.2) is 59.4 Å². The van der Waals surface area contributed by atoms with Crippen molar-refractivity contribution in [1.82, 2.24) is 14.8 Å². The molecular weight excluding hydrogens is 296 g/mol.